The molecular weight excluding hydrogens is 433 g/mol. The molecule has 0 aromatic heterocycles. The first-order chi connectivity index (χ1) is 15.5. The van der Waals surface area contributed by atoms with E-state index in [-0.39, 0.29) is 30.8 Å². The average Bonchev–Trinajstić information content (AvgIpc) is 2.72. The standard InChI is InChI=1S/C22H30BNO9/c1-4-30-8-7-22(2,3)24-19(26)15-9-13(12-31-21(23)29)5-6-16(15)32-18-11-14(25)10-17(33-18)20(27)28/h5-6,9,14,17-18,25H,4,7-8,10-12H2,1-3H3,(H,24,26)(H,27,28). The van der Waals surface area contributed by atoms with Crippen LogP contribution in [0.1, 0.15) is 56.0 Å². The Balaban J connectivity index is 2.25. The summed E-state index contributed by atoms with van der Waals surface area (Å²) in [5, 5.41) is 22.1. The number of nitrogens with one attached hydrogen (secondary N) is 1. The van der Waals surface area contributed by atoms with Crippen LogP contribution in [0.5, 0.6) is 5.75 Å². The number of aliphatic carboxylic acids is 1. The summed E-state index contributed by atoms with van der Waals surface area (Å²) in [4.78, 5) is 35.4. The second kappa shape index (κ2) is 12.0. The Bertz CT molecular complexity index is 845. The van der Waals surface area contributed by atoms with Gasteiger partial charge >= 0.3 is 5.97 Å². The number of carbonyl (C=O) groups excluding carboxylic acids is 2. The first-order valence-corrected chi connectivity index (χ1v) is 10.7. The molecule has 180 valence electrons. The summed E-state index contributed by atoms with van der Waals surface area (Å²) in [6.07, 6.45) is -2.68. The monoisotopic (exact) mass is 463 g/mol. The number of carboxylic acid groups (broad SMARTS) is 1. The Labute approximate surface area is 193 Å². The maximum atomic E-state index is 13.1. The smallest absolute Gasteiger partial charge is 0.333 e. The van der Waals surface area contributed by atoms with Crippen LogP contribution in [0.3, 0.4) is 0 Å². The lowest BCUT2D eigenvalue weighted by Gasteiger charge is -2.32. The molecule has 3 atom stereocenters. The lowest BCUT2D eigenvalue weighted by atomic mass is 10.00. The number of carboxylic acids is 1. The van der Waals surface area contributed by atoms with Crippen molar-refractivity contribution in [2.75, 3.05) is 13.2 Å². The van der Waals surface area contributed by atoms with Gasteiger partial charge in [0.05, 0.1) is 11.7 Å². The molecule has 1 heterocycles. The third-order valence-electron chi connectivity index (χ3n) is 5.00. The number of carbonyl (C=O) groups is 3. The van der Waals surface area contributed by atoms with Gasteiger partial charge in [0.1, 0.15) is 12.4 Å². The molecule has 2 radical (unpaired) electrons. The van der Waals surface area contributed by atoms with Gasteiger partial charge in [-0.05, 0) is 44.9 Å². The zero-order valence-corrected chi connectivity index (χ0v) is 19.0. The number of aliphatic hydroxyl groups excluding tert-OH is 1. The van der Waals surface area contributed by atoms with E-state index in [9.17, 15) is 24.6 Å². The summed E-state index contributed by atoms with van der Waals surface area (Å²) >= 11 is 0. The molecule has 1 aromatic carbocycles. The van der Waals surface area contributed by atoms with Gasteiger partial charge in [-0.1, -0.05) is 6.07 Å². The third kappa shape index (κ3) is 8.67. The highest BCUT2D eigenvalue weighted by atomic mass is 16.7. The van der Waals surface area contributed by atoms with Crippen LogP contribution in [0.2, 0.25) is 0 Å². The van der Waals surface area contributed by atoms with Gasteiger partial charge in [-0.2, -0.15) is 0 Å². The van der Waals surface area contributed by atoms with E-state index in [0.29, 0.717) is 25.2 Å². The molecule has 3 unspecified atom stereocenters. The van der Waals surface area contributed by atoms with Crippen molar-refractivity contribution < 1.29 is 43.5 Å². The van der Waals surface area contributed by atoms with Crippen LogP contribution in [0.15, 0.2) is 18.2 Å². The van der Waals surface area contributed by atoms with Crippen LogP contribution in [0.25, 0.3) is 0 Å². The number of hydrogen-bond donors (Lipinski definition) is 3. The number of aliphatic hydroxyl groups is 1. The molecular formula is C22H30BNO9. The van der Waals surface area contributed by atoms with Crippen molar-refractivity contribution in [2.45, 2.75) is 70.7 Å². The average molecular weight is 463 g/mol. The van der Waals surface area contributed by atoms with E-state index in [1.165, 1.54) is 12.1 Å². The second-order valence-corrected chi connectivity index (χ2v) is 8.36. The maximum absolute atomic E-state index is 13.1. The summed E-state index contributed by atoms with van der Waals surface area (Å²) in [7, 11) is 5.02. The number of hydrogen-bond acceptors (Lipinski definition) is 8. The van der Waals surface area contributed by atoms with E-state index in [1.54, 1.807) is 6.07 Å². The van der Waals surface area contributed by atoms with Crippen molar-refractivity contribution in [2.24, 2.45) is 0 Å². The van der Waals surface area contributed by atoms with E-state index in [2.05, 4.69) is 5.32 Å². The predicted molar refractivity (Wildman–Crippen MR) is 117 cm³/mol. The molecule has 11 heteroatoms. The number of amides is 1. The minimum Gasteiger partial charge on any atom is -0.479 e. The molecule has 0 saturated carbocycles. The molecule has 1 saturated heterocycles. The quantitative estimate of drug-likeness (QED) is 0.331. The first-order valence-electron chi connectivity index (χ1n) is 10.7. The molecule has 0 bridgehead atoms. The van der Waals surface area contributed by atoms with E-state index < -0.39 is 41.8 Å². The van der Waals surface area contributed by atoms with Crippen molar-refractivity contribution in [3.05, 3.63) is 29.3 Å². The van der Waals surface area contributed by atoms with Crippen LogP contribution in [0, 0.1) is 0 Å². The molecule has 2 rings (SSSR count). The fourth-order valence-corrected chi connectivity index (χ4v) is 3.25. The van der Waals surface area contributed by atoms with E-state index in [1.807, 2.05) is 20.8 Å². The molecule has 1 fully saturated rings. The highest BCUT2D eigenvalue weighted by molar-refractivity contribution is 6.55. The van der Waals surface area contributed by atoms with Crippen molar-refractivity contribution >= 4 is 25.6 Å². The van der Waals surface area contributed by atoms with Crippen molar-refractivity contribution in [3.63, 3.8) is 0 Å². The van der Waals surface area contributed by atoms with Gasteiger partial charge in [0.25, 0.3) is 5.91 Å². The van der Waals surface area contributed by atoms with Crippen LogP contribution in [-0.4, -0.2) is 73.1 Å². The molecule has 1 aliphatic heterocycles. The second-order valence-electron chi connectivity index (χ2n) is 8.36. The van der Waals surface area contributed by atoms with Gasteiger partial charge in [0.15, 0.2) is 6.10 Å². The summed E-state index contributed by atoms with van der Waals surface area (Å²) in [5.74, 6) is -2.50. The van der Waals surface area contributed by atoms with Crippen LogP contribution < -0.4 is 10.1 Å². The largest absolute Gasteiger partial charge is 0.479 e. The molecule has 0 aliphatic carbocycles. The Morgan fingerprint density at radius 3 is 2.64 bits per heavy atom. The SMILES string of the molecule is [B]C(=O)OCc1ccc(OC2CC(O)CC(C(=O)O)O2)c(C(=O)NC(C)(C)CCOCC)c1. The van der Waals surface area contributed by atoms with Crippen LogP contribution >= 0.6 is 0 Å². The minimum absolute atomic E-state index is 0.0389. The topological polar surface area (TPSA) is 141 Å². The fraction of sp³-hybridized carbons (Fsp3) is 0.591. The first kappa shape index (κ1) is 26.6. The summed E-state index contributed by atoms with van der Waals surface area (Å²) in [5.41, 5.74) is 0.0156. The van der Waals surface area contributed by atoms with E-state index in [0.717, 1.165) is 0 Å². The van der Waals surface area contributed by atoms with Gasteiger partial charge in [-0.25, -0.2) is 4.79 Å². The van der Waals surface area contributed by atoms with Gasteiger partial charge in [-0.3, -0.25) is 9.59 Å². The molecule has 1 amide bonds. The maximum Gasteiger partial charge on any atom is 0.333 e. The summed E-state index contributed by atoms with van der Waals surface area (Å²) < 4.78 is 21.4. The van der Waals surface area contributed by atoms with E-state index >= 15 is 0 Å². The Morgan fingerprint density at radius 2 is 2.00 bits per heavy atom. The minimum atomic E-state index is -1.23. The van der Waals surface area contributed by atoms with Crippen LogP contribution in [0.4, 0.5) is 4.79 Å². The Kier molecular flexibility index (Phi) is 9.69. The van der Waals surface area contributed by atoms with Crippen LogP contribution in [-0.2, 0) is 25.6 Å². The zero-order valence-electron chi connectivity index (χ0n) is 19.0. The molecule has 0 spiro atoms. The van der Waals surface area contributed by atoms with Crippen molar-refractivity contribution in [1.29, 1.82) is 0 Å². The third-order valence-corrected chi connectivity index (χ3v) is 5.00. The summed E-state index contributed by atoms with van der Waals surface area (Å²) in [6.45, 7) is 6.46. The number of rotatable bonds is 11. The fourth-order valence-electron chi connectivity index (χ4n) is 3.25. The molecule has 10 nitrogen and oxygen atoms in total. The highest BCUT2D eigenvalue weighted by Gasteiger charge is 2.34. The van der Waals surface area contributed by atoms with E-state index in [4.69, 9.17) is 26.8 Å². The lowest BCUT2D eigenvalue weighted by Crippen LogP contribution is -2.45. The summed E-state index contributed by atoms with van der Waals surface area (Å²) in [6, 6.07) is 4.55. The predicted octanol–water partition coefficient (Wildman–Crippen LogP) is 1.76. The molecule has 33 heavy (non-hydrogen) atoms. The molecule has 1 aromatic rings. The zero-order chi connectivity index (χ0) is 24.6. The normalized spacial score (nSPS) is 20.7. The Morgan fingerprint density at radius 1 is 1.27 bits per heavy atom. The van der Waals surface area contributed by atoms with Gasteiger partial charge in [-0.15, -0.1) is 0 Å². The molecule has 3 N–H and O–H groups in total. The lowest BCUT2D eigenvalue weighted by molar-refractivity contribution is -0.195. The number of benzene rings is 1. The highest BCUT2D eigenvalue weighted by Crippen LogP contribution is 2.28. The Hall–Kier alpha value is -2.63. The van der Waals surface area contributed by atoms with Crippen molar-refractivity contribution in [3.8, 4) is 5.75 Å². The van der Waals surface area contributed by atoms with Gasteiger partial charge in [0, 0.05) is 31.6 Å². The van der Waals surface area contributed by atoms with Crippen molar-refractivity contribution in [1.82, 2.24) is 5.32 Å². The molecule has 1 aliphatic rings. The van der Waals surface area contributed by atoms with Gasteiger partial charge < -0.3 is 34.5 Å². The van der Waals surface area contributed by atoms with Gasteiger partial charge in [0.2, 0.25) is 20.0 Å². The number of ether oxygens (including phenoxy) is 4.